The molecule has 0 saturated heterocycles. The quantitative estimate of drug-likeness (QED) is 0.826. The third-order valence-corrected chi connectivity index (χ3v) is 4.20. The van der Waals surface area contributed by atoms with Gasteiger partial charge in [0.15, 0.2) is 0 Å². The first-order chi connectivity index (χ1) is 8.97. The topological polar surface area (TPSA) is 12.0 Å². The third kappa shape index (κ3) is 2.83. The summed E-state index contributed by atoms with van der Waals surface area (Å²) >= 11 is 5.97. The fourth-order valence-electron chi connectivity index (χ4n) is 2.61. The molecule has 2 saturated carbocycles. The normalized spacial score (nSPS) is 19.8. The van der Waals surface area contributed by atoms with Gasteiger partial charge in [-0.05, 0) is 49.7 Å². The Kier molecular flexibility index (Phi) is 3.16. The SMILES string of the molecule is FC(F)(F)c1cccc(Cl)c1NC(C1CC1)C1CC1. The first-order valence-electron chi connectivity index (χ1n) is 6.59. The predicted molar refractivity (Wildman–Crippen MR) is 69.3 cm³/mol. The van der Waals surface area contributed by atoms with Crippen LogP contribution in [0.15, 0.2) is 18.2 Å². The Hall–Kier alpha value is -0.900. The van der Waals surface area contributed by atoms with Gasteiger partial charge in [-0.2, -0.15) is 13.2 Å². The Bertz CT molecular complexity index is 466. The van der Waals surface area contributed by atoms with Gasteiger partial charge in [0, 0.05) is 6.04 Å². The van der Waals surface area contributed by atoms with Crippen LogP contribution in [0.25, 0.3) is 0 Å². The Balaban J connectivity index is 1.90. The van der Waals surface area contributed by atoms with E-state index < -0.39 is 11.7 Å². The number of anilines is 1. The van der Waals surface area contributed by atoms with Gasteiger partial charge in [-0.15, -0.1) is 0 Å². The van der Waals surface area contributed by atoms with Crippen molar-refractivity contribution in [1.29, 1.82) is 0 Å². The van der Waals surface area contributed by atoms with E-state index in [1.807, 2.05) is 0 Å². The summed E-state index contributed by atoms with van der Waals surface area (Å²) in [4.78, 5) is 0. The van der Waals surface area contributed by atoms with Crippen molar-refractivity contribution < 1.29 is 13.2 Å². The van der Waals surface area contributed by atoms with Crippen LogP contribution in [-0.4, -0.2) is 6.04 Å². The van der Waals surface area contributed by atoms with E-state index in [1.165, 1.54) is 12.1 Å². The van der Waals surface area contributed by atoms with Crippen LogP contribution in [0, 0.1) is 11.8 Å². The zero-order valence-electron chi connectivity index (χ0n) is 10.3. The van der Waals surface area contributed by atoms with E-state index >= 15 is 0 Å². The van der Waals surface area contributed by atoms with Gasteiger partial charge in [0.25, 0.3) is 0 Å². The van der Waals surface area contributed by atoms with Crippen molar-refractivity contribution in [3.05, 3.63) is 28.8 Å². The number of para-hydroxylation sites is 1. The lowest BCUT2D eigenvalue weighted by Gasteiger charge is -2.23. The van der Waals surface area contributed by atoms with Gasteiger partial charge in [-0.25, -0.2) is 0 Å². The average molecular weight is 290 g/mol. The molecule has 0 bridgehead atoms. The monoisotopic (exact) mass is 289 g/mol. The first kappa shape index (κ1) is 13.1. The van der Waals surface area contributed by atoms with E-state index in [4.69, 9.17) is 11.6 Å². The Morgan fingerprint density at radius 1 is 1.11 bits per heavy atom. The minimum atomic E-state index is -4.37. The van der Waals surface area contributed by atoms with Gasteiger partial charge in [0.1, 0.15) is 0 Å². The minimum Gasteiger partial charge on any atom is -0.380 e. The highest BCUT2D eigenvalue weighted by molar-refractivity contribution is 6.33. The minimum absolute atomic E-state index is 0.0560. The van der Waals surface area contributed by atoms with Crippen LogP contribution in [0.4, 0.5) is 18.9 Å². The van der Waals surface area contributed by atoms with E-state index in [2.05, 4.69) is 5.32 Å². The second kappa shape index (κ2) is 4.58. The molecule has 0 unspecified atom stereocenters. The molecule has 19 heavy (non-hydrogen) atoms. The van der Waals surface area contributed by atoms with Gasteiger partial charge >= 0.3 is 6.18 Å². The second-order valence-corrected chi connectivity index (χ2v) is 5.91. The van der Waals surface area contributed by atoms with Gasteiger partial charge in [0.2, 0.25) is 0 Å². The number of hydrogen-bond acceptors (Lipinski definition) is 1. The van der Waals surface area contributed by atoms with Crippen LogP contribution in [0.3, 0.4) is 0 Å². The van der Waals surface area contributed by atoms with E-state index in [-0.39, 0.29) is 16.8 Å². The lowest BCUT2D eigenvalue weighted by atomic mass is 10.1. The van der Waals surface area contributed by atoms with Crippen LogP contribution in [0.5, 0.6) is 0 Å². The maximum absolute atomic E-state index is 13.0. The van der Waals surface area contributed by atoms with Gasteiger partial charge in [-0.1, -0.05) is 17.7 Å². The fraction of sp³-hybridized carbons (Fsp3) is 0.571. The summed E-state index contributed by atoms with van der Waals surface area (Å²) in [5.74, 6) is 1.04. The average Bonchev–Trinajstić information content (AvgIpc) is 3.19. The zero-order valence-corrected chi connectivity index (χ0v) is 11.1. The zero-order chi connectivity index (χ0) is 13.6. The van der Waals surface area contributed by atoms with Crippen molar-refractivity contribution >= 4 is 17.3 Å². The van der Waals surface area contributed by atoms with Gasteiger partial charge in [0.05, 0.1) is 16.3 Å². The number of hydrogen-bond donors (Lipinski definition) is 1. The molecule has 0 amide bonds. The summed E-state index contributed by atoms with van der Waals surface area (Å²) in [7, 11) is 0. The molecule has 2 fully saturated rings. The first-order valence-corrected chi connectivity index (χ1v) is 6.97. The van der Waals surface area contributed by atoms with E-state index in [0.29, 0.717) is 11.8 Å². The summed E-state index contributed by atoms with van der Waals surface area (Å²) < 4.78 is 39.0. The van der Waals surface area contributed by atoms with E-state index in [0.717, 1.165) is 31.7 Å². The molecule has 0 radical (unpaired) electrons. The van der Waals surface area contributed by atoms with Crippen LogP contribution in [0.2, 0.25) is 5.02 Å². The number of rotatable bonds is 4. The number of alkyl halides is 3. The van der Waals surface area contributed by atoms with Gasteiger partial charge < -0.3 is 5.32 Å². The predicted octanol–water partition coefficient (Wildman–Crippen LogP) is 4.96. The van der Waals surface area contributed by atoms with Crippen molar-refractivity contribution in [3.8, 4) is 0 Å². The molecule has 1 aromatic rings. The highest BCUT2D eigenvalue weighted by Gasteiger charge is 2.43. The van der Waals surface area contributed by atoms with Crippen molar-refractivity contribution in [2.45, 2.75) is 37.9 Å². The standard InChI is InChI=1S/C14H15ClF3N/c15-11-3-1-2-10(14(16,17)18)13(11)19-12(8-4-5-8)9-6-7-9/h1-3,8-9,12,19H,4-7H2. The molecule has 1 aromatic carbocycles. The number of halogens is 4. The van der Waals surface area contributed by atoms with Gasteiger partial charge in [-0.3, -0.25) is 0 Å². The molecule has 1 nitrogen and oxygen atoms in total. The maximum atomic E-state index is 13.0. The summed E-state index contributed by atoms with van der Waals surface area (Å²) in [6, 6.07) is 4.10. The molecule has 0 heterocycles. The van der Waals surface area contributed by atoms with Crippen molar-refractivity contribution in [1.82, 2.24) is 0 Å². The molecule has 0 aromatic heterocycles. The molecule has 0 atom stereocenters. The highest BCUT2D eigenvalue weighted by Crippen LogP contribution is 2.48. The molecule has 1 N–H and O–H groups in total. The molecular weight excluding hydrogens is 275 g/mol. The third-order valence-electron chi connectivity index (χ3n) is 3.89. The smallest absolute Gasteiger partial charge is 0.380 e. The molecular formula is C14H15ClF3N. The lowest BCUT2D eigenvalue weighted by Crippen LogP contribution is -2.26. The summed E-state index contributed by atoms with van der Waals surface area (Å²) in [5.41, 5.74) is -0.605. The Morgan fingerprint density at radius 2 is 1.68 bits per heavy atom. The van der Waals surface area contributed by atoms with Crippen LogP contribution < -0.4 is 5.32 Å². The summed E-state index contributed by atoms with van der Waals surface area (Å²) in [6.07, 6.45) is 0.0742. The largest absolute Gasteiger partial charge is 0.418 e. The van der Waals surface area contributed by atoms with Crippen molar-refractivity contribution in [2.75, 3.05) is 5.32 Å². The summed E-state index contributed by atoms with van der Waals surface area (Å²) in [5, 5.41) is 3.25. The van der Waals surface area contributed by atoms with Crippen molar-refractivity contribution in [3.63, 3.8) is 0 Å². The molecule has 0 spiro atoms. The Morgan fingerprint density at radius 3 is 2.16 bits per heavy atom. The van der Waals surface area contributed by atoms with Crippen LogP contribution >= 0.6 is 11.6 Å². The molecule has 2 aliphatic carbocycles. The number of nitrogens with one attached hydrogen (secondary N) is 1. The fourth-order valence-corrected chi connectivity index (χ4v) is 2.83. The van der Waals surface area contributed by atoms with Crippen LogP contribution in [-0.2, 0) is 6.18 Å². The molecule has 3 rings (SSSR count). The maximum Gasteiger partial charge on any atom is 0.418 e. The highest BCUT2D eigenvalue weighted by atomic mass is 35.5. The van der Waals surface area contributed by atoms with E-state index in [9.17, 15) is 13.2 Å². The Labute approximate surface area is 115 Å². The lowest BCUT2D eigenvalue weighted by molar-refractivity contribution is -0.137. The molecule has 5 heteroatoms. The molecule has 0 aliphatic heterocycles. The molecule has 2 aliphatic rings. The number of benzene rings is 1. The van der Waals surface area contributed by atoms with Crippen molar-refractivity contribution in [2.24, 2.45) is 11.8 Å². The second-order valence-electron chi connectivity index (χ2n) is 5.51. The summed E-state index contributed by atoms with van der Waals surface area (Å²) in [6.45, 7) is 0. The van der Waals surface area contributed by atoms with E-state index in [1.54, 1.807) is 0 Å². The molecule has 104 valence electrons. The van der Waals surface area contributed by atoms with Crippen LogP contribution in [0.1, 0.15) is 31.2 Å².